The zero-order valence-corrected chi connectivity index (χ0v) is 16.8. The van der Waals surface area contributed by atoms with Gasteiger partial charge in [-0.1, -0.05) is 6.07 Å². The van der Waals surface area contributed by atoms with E-state index >= 15 is 0 Å². The van der Waals surface area contributed by atoms with Crippen molar-refractivity contribution in [3.63, 3.8) is 0 Å². The van der Waals surface area contributed by atoms with Crippen molar-refractivity contribution in [2.45, 2.75) is 36.1 Å². The minimum absolute atomic E-state index is 0.0258. The zero-order chi connectivity index (χ0) is 19.5. The molecule has 0 saturated carbocycles. The Morgan fingerprint density at radius 2 is 1.96 bits per heavy atom. The van der Waals surface area contributed by atoms with E-state index in [0.29, 0.717) is 11.4 Å². The van der Waals surface area contributed by atoms with Crippen molar-refractivity contribution in [2.24, 2.45) is 7.05 Å². The highest BCUT2D eigenvalue weighted by molar-refractivity contribution is 7.92. The summed E-state index contributed by atoms with van der Waals surface area (Å²) in [5, 5.41) is 8.20. The number of sulfone groups is 1. The lowest BCUT2D eigenvalue weighted by molar-refractivity contribution is 0.325. The van der Waals surface area contributed by atoms with Gasteiger partial charge in [0, 0.05) is 62.7 Å². The second kappa shape index (κ2) is 6.28. The minimum atomic E-state index is -3.28. The van der Waals surface area contributed by atoms with Gasteiger partial charge in [0.1, 0.15) is 0 Å². The lowest BCUT2D eigenvalue weighted by atomic mass is 9.95. The highest BCUT2D eigenvalue weighted by atomic mass is 32.2. The third-order valence-electron chi connectivity index (χ3n) is 5.91. The summed E-state index contributed by atoms with van der Waals surface area (Å²) in [5.41, 5.74) is 4.11. The van der Waals surface area contributed by atoms with Crippen molar-refractivity contribution in [1.82, 2.24) is 24.5 Å². The van der Waals surface area contributed by atoms with E-state index in [1.54, 1.807) is 10.7 Å². The van der Waals surface area contributed by atoms with E-state index < -0.39 is 9.84 Å². The highest BCUT2D eigenvalue weighted by Crippen LogP contribution is 2.46. The number of hydrogen-bond acceptors (Lipinski definition) is 5. The molecule has 7 nitrogen and oxygen atoms in total. The summed E-state index contributed by atoms with van der Waals surface area (Å²) in [6.45, 7) is 4.95. The van der Waals surface area contributed by atoms with Crippen LogP contribution in [0.5, 0.6) is 0 Å². The van der Waals surface area contributed by atoms with E-state index in [1.165, 1.54) is 0 Å². The van der Waals surface area contributed by atoms with Crippen molar-refractivity contribution in [2.75, 3.05) is 13.1 Å². The Labute approximate surface area is 164 Å². The monoisotopic (exact) mass is 397 g/mol. The number of aromatic nitrogens is 4. The molecule has 28 heavy (non-hydrogen) atoms. The fourth-order valence-corrected chi connectivity index (χ4v) is 6.72. The molecular formula is C20H23N5O2S. The van der Waals surface area contributed by atoms with Crippen LogP contribution in [-0.2, 0) is 30.0 Å². The first kappa shape index (κ1) is 17.6. The normalized spacial score (nSPS) is 23.1. The Kier molecular flexibility index (Phi) is 3.96. The van der Waals surface area contributed by atoms with Crippen LogP contribution in [0.15, 0.2) is 47.9 Å². The standard InChI is InChI=1S/C20H23N5O2S/c1-3-25-10-14(7-22-25)9-24-12-18-17-6-15(16-8-21-23(2)11-16)4-5-19(17)28(26,27)20(18)13-24/h4-8,10-11,18,20H,3,9,12-13H2,1-2H3/t18-,20-/m0/s1. The van der Waals surface area contributed by atoms with Gasteiger partial charge in [-0.05, 0) is 30.2 Å². The Hall–Kier alpha value is -2.45. The van der Waals surface area contributed by atoms with Gasteiger partial charge >= 0.3 is 0 Å². The van der Waals surface area contributed by atoms with Crippen LogP contribution in [0.25, 0.3) is 11.1 Å². The van der Waals surface area contributed by atoms with E-state index in [2.05, 4.69) is 22.0 Å². The molecule has 8 heteroatoms. The number of rotatable bonds is 4. The van der Waals surface area contributed by atoms with Gasteiger partial charge in [-0.2, -0.15) is 10.2 Å². The Morgan fingerprint density at radius 3 is 2.68 bits per heavy atom. The molecule has 5 rings (SSSR count). The summed E-state index contributed by atoms with van der Waals surface area (Å²) in [4.78, 5) is 2.75. The molecule has 2 aromatic heterocycles. The average Bonchev–Trinajstić information content (AvgIpc) is 3.43. The summed E-state index contributed by atoms with van der Waals surface area (Å²) in [7, 11) is -1.40. The minimum Gasteiger partial charge on any atom is -0.297 e. The second-order valence-electron chi connectivity index (χ2n) is 7.74. The number of likely N-dealkylation sites (tertiary alicyclic amines) is 1. The van der Waals surface area contributed by atoms with Gasteiger partial charge in [0.25, 0.3) is 0 Å². The number of fused-ring (bicyclic) bond motifs is 3. The maximum absolute atomic E-state index is 13.1. The lowest BCUT2D eigenvalue weighted by Crippen LogP contribution is -2.25. The zero-order valence-electron chi connectivity index (χ0n) is 16.0. The third kappa shape index (κ3) is 2.70. The predicted octanol–water partition coefficient (Wildman–Crippen LogP) is 2.06. The average molecular weight is 398 g/mol. The summed E-state index contributed by atoms with van der Waals surface area (Å²) in [5.74, 6) is 0.0258. The van der Waals surface area contributed by atoms with Crippen LogP contribution in [0, 0.1) is 0 Å². The van der Waals surface area contributed by atoms with Crippen molar-refractivity contribution in [1.29, 1.82) is 0 Å². The van der Waals surface area contributed by atoms with E-state index in [4.69, 9.17) is 0 Å². The molecule has 2 aliphatic rings. The number of benzene rings is 1. The Balaban J connectivity index is 1.45. The molecule has 4 heterocycles. The summed E-state index contributed by atoms with van der Waals surface area (Å²) in [6, 6.07) is 5.72. The molecule has 1 saturated heterocycles. The molecule has 0 bridgehead atoms. The topological polar surface area (TPSA) is 73.0 Å². The smallest absolute Gasteiger partial charge is 0.183 e. The second-order valence-corrected chi connectivity index (χ2v) is 9.88. The van der Waals surface area contributed by atoms with Crippen LogP contribution in [0.3, 0.4) is 0 Å². The molecule has 2 aliphatic heterocycles. The predicted molar refractivity (Wildman–Crippen MR) is 106 cm³/mol. The number of aryl methyl sites for hydroxylation is 2. The summed E-state index contributed by atoms with van der Waals surface area (Å²) in [6.07, 6.45) is 7.68. The van der Waals surface area contributed by atoms with Crippen LogP contribution in [0.1, 0.15) is 24.0 Å². The molecule has 0 amide bonds. The van der Waals surface area contributed by atoms with E-state index in [9.17, 15) is 8.42 Å². The maximum Gasteiger partial charge on any atom is 0.183 e. The van der Waals surface area contributed by atoms with Gasteiger partial charge in [0.15, 0.2) is 9.84 Å². The highest BCUT2D eigenvalue weighted by Gasteiger charge is 2.50. The van der Waals surface area contributed by atoms with Gasteiger partial charge < -0.3 is 0 Å². The maximum atomic E-state index is 13.1. The van der Waals surface area contributed by atoms with E-state index in [-0.39, 0.29) is 11.2 Å². The lowest BCUT2D eigenvalue weighted by Gasteiger charge is -2.16. The molecule has 3 aromatic rings. The van der Waals surface area contributed by atoms with Crippen molar-refractivity contribution >= 4 is 9.84 Å². The van der Waals surface area contributed by atoms with Gasteiger partial charge in [-0.15, -0.1) is 0 Å². The first-order chi connectivity index (χ1) is 13.5. The summed E-state index contributed by atoms with van der Waals surface area (Å²) < 4.78 is 29.9. The van der Waals surface area contributed by atoms with Crippen LogP contribution in [-0.4, -0.2) is 51.2 Å². The van der Waals surface area contributed by atoms with Gasteiger partial charge in [0.05, 0.1) is 22.5 Å². The molecule has 0 radical (unpaired) electrons. The quantitative estimate of drug-likeness (QED) is 0.674. The van der Waals surface area contributed by atoms with Crippen LogP contribution >= 0.6 is 0 Å². The molecule has 1 fully saturated rings. The van der Waals surface area contributed by atoms with E-state index in [1.807, 2.05) is 48.6 Å². The Morgan fingerprint density at radius 1 is 1.11 bits per heavy atom. The largest absolute Gasteiger partial charge is 0.297 e. The molecule has 0 spiro atoms. The first-order valence-corrected chi connectivity index (χ1v) is 11.1. The molecular weight excluding hydrogens is 374 g/mol. The molecule has 0 N–H and O–H groups in total. The first-order valence-electron chi connectivity index (χ1n) is 9.56. The molecule has 0 unspecified atom stereocenters. The van der Waals surface area contributed by atoms with Crippen LogP contribution in [0.4, 0.5) is 0 Å². The van der Waals surface area contributed by atoms with Crippen molar-refractivity contribution < 1.29 is 8.42 Å². The molecule has 2 atom stereocenters. The van der Waals surface area contributed by atoms with Crippen LogP contribution < -0.4 is 0 Å². The third-order valence-corrected chi connectivity index (χ3v) is 8.17. The van der Waals surface area contributed by atoms with Gasteiger partial charge in [-0.3, -0.25) is 14.3 Å². The summed E-state index contributed by atoms with van der Waals surface area (Å²) >= 11 is 0. The number of hydrogen-bond donors (Lipinski definition) is 0. The van der Waals surface area contributed by atoms with Crippen LogP contribution in [0.2, 0.25) is 0 Å². The number of nitrogens with zero attached hydrogens (tertiary/aromatic N) is 5. The van der Waals surface area contributed by atoms with E-state index in [0.717, 1.165) is 41.9 Å². The molecule has 0 aliphatic carbocycles. The fraction of sp³-hybridized carbons (Fsp3) is 0.400. The molecule has 146 valence electrons. The van der Waals surface area contributed by atoms with Crippen molar-refractivity contribution in [3.05, 3.63) is 54.1 Å². The fourth-order valence-electron chi connectivity index (χ4n) is 4.52. The van der Waals surface area contributed by atoms with Gasteiger partial charge in [-0.25, -0.2) is 8.42 Å². The Bertz CT molecular complexity index is 1150. The molecule has 1 aromatic carbocycles. The van der Waals surface area contributed by atoms with Crippen molar-refractivity contribution in [3.8, 4) is 11.1 Å². The van der Waals surface area contributed by atoms with Gasteiger partial charge in [0.2, 0.25) is 0 Å². The SMILES string of the molecule is CCn1cc(CN2C[C@H]3c4cc(-c5cnn(C)c5)ccc4S(=O)(=O)[C@H]3C2)cn1.